The minimum atomic E-state index is -1.29. The lowest BCUT2D eigenvalue weighted by Crippen LogP contribution is -2.54. The molecular weight excluding hydrogens is 562 g/mol. The predicted octanol–water partition coefficient (Wildman–Crippen LogP) is 4.37. The fraction of sp³-hybridized carbons (Fsp3) is 0.333. The summed E-state index contributed by atoms with van der Waals surface area (Å²) in [4.78, 5) is 19.1. The molecule has 8 nitrogen and oxygen atoms in total. The molecule has 206 valence electrons. The van der Waals surface area contributed by atoms with Crippen molar-refractivity contribution in [3.8, 4) is 5.75 Å². The zero-order chi connectivity index (χ0) is 27.5. The van der Waals surface area contributed by atoms with E-state index in [2.05, 4.69) is 26.8 Å². The number of ether oxygens (including phenoxy) is 3. The topological polar surface area (TPSA) is 101 Å². The molecule has 0 bridgehead atoms. The average molecular weight is 597 g/mol. The Morgan fingerprint density at radius 1 is 1.03 bits per heavy atom. The Morgan fingerprint density at radius 3 is 2.49 bits per heavy atom. The molecule has 0 radical (unpaired) electrons. The predicted molar refractivity (Wildman–Crippen MR) is 154 cm³/mol. The molecule has 0 aromatic heterocycles. The number of hydrogen-bond acceptors (Lipinski definition) is 7. The van der Waals surface area contributed by atoms with Gasteiger partial charge in [0.1, 0.15) is 5.75 Å². The third-order valence-electron chi connectivity index (χ3n) is 6.39. The highest BCUT2D eigenvalue weighted by Gasteiger charge is 2.53. The maximum absolute atomic E-state index is 14.0. The van der Waals surface area contributed by atoms with Crippen molar-refractivity contribution in [3.05, 3.63) is 100 Å². The Hall–Kier alpha value is -3.24. The number of amides is 1. The lowest BCUT2D eigenvalue weighted by Gasteiger charge is -2.31. The Kier molecular flexibility index (Phi) is 10.5. The maximum atomic E-state index is 14.0. The summed E-state index contributed by atoms with van der Waals surface area (Å²) >= 11 is 3.66. The van der Waals surface area contributed by atoms with Crippen LogP contribution >= 0.6 is 15.9 Å². The molecule has 0 spiro atoms. The Labute approximate surface area is 237 Å². The molecule has 39 heavy (non-hydrogen) atoms. The fourth-order valence-corrected chi connectivity index (χ4v) is 4.90. The third-order valence-corrected chi connectivity index (χ3v) is 7.11. The molecule has 3 aromatic carbocycles. The van der Waals surface area contributed by atoms with E-state index in [1.165, 1.54) is 0 Å². The number of aliphatic hydroxyl groups excluding tert-OH is 1. The number of carbonyl (C=O) groups excluding carboxylic acids is 1. The highest BCUT2D eigenvalue weighted by atomic mass is 79.9. The van der Waals surface area contributed by atoms with Gasteiger partial charge in [0, 0.05) is 55.3 Å². The lowest BCUT2D eigenvalue weighted by atomic mass is 9.82. The summed E-state index contributed by atoms with van der Waals surface area (Å²) in [5.41, 5.74) is 7.15. The first-order chi connectivity index (χ1) is 19.1. The second-order valence-electron chi connectivity index (χ2n) is 9.20. The van der Waals surface area contributed by atoms with E-state index in [0.29, 0.717) is 44.2 Å². The summed E-state index contributed by atoms with van der Waals surface area (Å²) in [6.07, 6.45) is 0.942. The number of aliphatic imine (C=N–C) groups is 1. The number of hydrogen-bond donors (Lipinski definition) is 3. The van der Waals surface area contributed by atoms with E-state index in [9.17, 15) is 4.79 Å². The van der Waals surface area contributed by atoms with Crippen LogP contribution < -0.4 is 15.6 Å². The van der Waals surface area contributed by atoms with E-state index in [-0.39, 0.29) is 12.5 Å². The molecule has 1 aliphatic rings. The van der Waals surface area contributed by atoms with Gasteiger partial charge in [0.2, 0.25) is 5.90 Å². The number of hydrazine groups is 1. The van der Waals surface area contributed by atoms with Crippen LogP contribution in [0, 0.1) is 0 Å². The summed E-state index contributed by atoms with van der Waals surface area (Å²) in [5, 5.41) is 9.00. The van der Waals surface area contributed by atoms with Gasteiger partial charge >= 0.3 is 0 Å². The van der Waals surface area contributed by atoms with Crippen molar-refractivity contribution in [3.63, 3.8) is 0 Å². The number of nitrogens with zero attached hydrogens (tertiary/aromatic N) is 1. The van der Waals surface area contributed by atoms with Crippen LogP contribution in [0.3, 0.4) is 0 Å². The van der Waals surface area contributed by atoms with Crippen LogP contribution in [0.2, 0.25) is 0 Å². The number of benzene rings is 3. The molecule has 9 heteroatoms. The molecule has 0 saturated carbocycles. The third kappa shape index (κ3) is 7.24. The van der Waals surface area contributed by atoms with Crippen molar-refractivity contribution in [2.24, 2.45) is 4.99 Å². The van der Waals surface area contributed by atoms with Crippen molar-refractivity contribution >= 4 is 27.7 Å². The number of carbonyl (C=O) groups is 1. The van der Waals surface area contributed by atoms with Crippen molar-refractivity contribution in [1.82, 2.24) is 10.9 Å². The second kappa shape index (κ2) is 14.2. The van der Waals surface area contributed by atoms with E-state index in [4.69, 9.17) is 24.3 Å². The monoisotopic (exact) mass is 595 g/mol. The SMILES string of the molecule is COCCCNNC(=O)[C@@]1(Cc2ccccc2)N=C(c2ccc(OCCCO)cc2)O[C@H]1c1ccccc1Br. The first-order valence-electron chi connectivity index (χ1n) is 13.0. The molecule has 2 atom stereocenters. The summed E-state index contributed by atoms with van der Waals surface area (Å²) < 4.78 is 18.2. The highest BCUT2D eigenvalue weighted by molar-refractivity contribution is 9.10. The van der Waals surface area contributed by atoms with E-state index >= 15 is 0 Å². The molecule has 3 aromatic rings. The molecule has 0 fully saturated rings. The quantitative estimate of drug-likeness (QED) is 0.189. The van der Waals surface area contributed by atoms with Crippen molar-refractivity contribution in [2.75, 3.05) is 33.5 Å². The van der Waals surface area contributed by atoms with Crippen molar-refractivity contribution in [2.45, 2.75) is 30.9 Å². The Morgan fingerprint density at radius 2 is 1.77 bits per heavy atom. The van der Waals surface area contributed by atoms with Crippen LogP contribution in [0.4, 0.5) is 0 Å². The lowest BCUT2D eigenvalue weighted by molar-refractivity contribution is -0.130. The molecule has 3 N–H and O–H groups in total. The second-order valence-corrected chi connectivity index (χ2v) is 10.1. The van der Waals surface area contributed by atoms with Gasteiger partial charge in [-0.3, -0.25) is 10.2 Å². The normalized spacial score (nSPS) is 18.3. The standard InChI is InChI=1S/C30H34BrN3O5/c1-37-19-7-17-32-34-29(36)30(21-22-9-3-2-4-10-22)27(25-11-5-6-12-26(25)31)39-28(33-30)23-13-15-24(16-14-23)38-20-8-18-35/h2-6,9-16,27,32,35H,7-8,17-21H2,1H3,(H,34,36)/t27-,30-/m0/s1. The van der Waals surface area contributed by atoms with E-state index < -0.39 is 11.6 Å². The molecule has 0 unspecified atom stereocenters. The first-order valence-corrected chi connectivity index (χ1v) is 13.8. The Balaban J connectivity index is 1.71. The van der Waals surface area contributed by atoms with Gasteiger partial charge in [-0.15, -0.1) is 0 Å². The fourth-order valence-electron chi connectivity index (χ4n) is 4.41. The summed E-state index contributed by atoms with van der Waals surface area (Å²) in [5.74, 6) is 0.772. The van der Waals surface area contributed by atoms with Crippen LogP contribution in [0.15, 0.2) is 88.3 Å². The number of rotatable bonds is 14. The molecule has 0 saturated heterocycles. The van der Waals surface area contributed by atoms with Crippen LogP contribution in [0.5, 0.6) is 5.75 Å². The summed E-state index contributed by atoms with van der Waals surface area (Å²) in [7, 11) is 1.65. The van der Waals surface area contributed by atoms with Crippen molar-refractivity contribution in [1.29, 1.82) is 0 Å². The average Bonchev–Trinajstić information content (AvgIpc) is 3.34. The first kappa shape index (κ1) is 28.8. The van der Waals surface area contributed by atoms with Gasteiger partial charge in [-0.25, -0.2) is 10.4 Å². The zero-order valence-corrected chi connectivity index (χ0v) is 23.5. The van der Waals surface area contributed by atoms with E-state index in [1.807, 2.05) is 78.9 Å². The minimum absolute atomic E-state index is 0.0754. The van der Waals surface area contributed by atoms with Gasteiger partial charge in [-0.1, -0.05) is 64.5 Å². The Bertz CT molecular complexity index is 1240. The van der Waals surface area contributed by atoms with Gasteiger partial charge in [-0.2, -0.15) is 0 Å². The molecule has 1 amide bonds. The summed E-state index contributed by atoms with van der Waals surface area (Å²) in [6, 6.07) is 25.0. The number of methoxy groups -OCH3 is 1. The molecular formula is C30H34BrN3O5. The molecule has 1 heterocycles. The van der Waals surface area contributed by atoms with Crippen LogP contribution in [-0.4, -0.2) is 55.9 Å². The zero-order valence-electron chi connectivity index (χ0n) is 21.9. The molecule has 4 rings (SSSR count). The van der Waals surface area contributed by atoms with Crippen LogP contribution in [0.25, 0.3) is 0 Å². The van der Waals surface area contributed by atoms with Gasteiger partial charge in [0.05, 0.1) is 6.61 Å². The minimum Gasteiger partial charge on any atom is -0.494 e. The van der Waals surface area contributed by atoms with Crippen LogP contribution in [0.1, 0.15) is 35.6 Å². The van der Waals surface area contributed by atoms with Gasteiger partial charge in [0.25, 0.3) is 5.91 Å². The van der Waals surface area contributed by atoms with E-state index in [0.717, 1.165) is 27.6 Å². The van der Waals surface area contributed by atoms with Gasteiger partial charge in [-0.05, 0) is 42.3 Å². The van der Waals surface area contributed by atoms with Crippen molar-refractivity contribution < 1.29 is 24.1 Å². The number of nitrogens with one attached hydrogen (secondary N) is 2. The maximum Gasteiger partial charge on any atom is 0.266 e. The van der Waals surface area contributed by atoms with E-state index in [1.54, 1.807) is 7.11 Å². The number of aliphatic hydroxyl groups is 1. The largest absolute Gasteiger partial charge is 0.494 e. The van der Waals surface area contributed by atoms with Crippen LogP contribution in [-0.2, 0) is 20.7 Å². The highest BCUT2D eigenvalue weighted by Crippen LogP contribution is 2.44. The molecule has 1 aliphatic heterocycles. The molecule has 0 aliphatic carbocycles. The van der Waals surface area contributed by atoms with Gasteiger partial charge in [0.15, 0.2) is 11.6 Å². The number of halogens is 1. The van der Waals surface area contributed by atoms with Gasteiger partial charge < -0.3 is 19.3 Å². The smallest absolute Gasteiger partial charge is 0.266 e. The summed E-state index contributed by atoms with van der Waals surface area (Å²) in [6.45, 7) is 1.64.